The first-order valence-corrected chi connectivity index (χ1v) is 3.40. The van der Waals surface area contributed by atoms with E-state index in [9.17, 15) is 22.4 Å². The molecule has 0 spiro atoms. The molecule has 0 aliphatic rings. The number of halogens is 4. The standard InChI is InChI=1S/C6H9F4NO2/c1-3(12)2-11-5(13)6(9,10)4(7)8/h3-4,12H,2H2,1H3,(H,11,13). The molecule has 2 N–H and O–H groups in total. The summed E-state index contributed by atoms with van der Waals surface area (Å²) in [5.74, 6) is -6.78. The van der Waals surface area contributed by atoms with Crippen molar-refractivity contribution in [3.05, 3.63) is 0 Å². The van der Waals surface area contributed by atoms with Gasteiger partial charge in [-0.15, -0.1) is 0 Å². The molecule has 1 atom stereocenters. The number of carbonyl (C=O) groups excluding carboxylic acids is 1. The minimum Gasteiger partial charge on any atom is -0.392 e. The first-order chi connectivity index (χ1) is 5.78. The molecule has 3 nitrogen and oxygen atoms in total. The zero-order chi connectivity index (χ0) is 10.6. The largest absolute Gasteiger partial charge is 0.392 e. The molecule has 0 aromatic rings. The number of hydrogen-bond acceptors (Lipinski definition) is 2. The molecule has 0 heterocycles. The van der Waals surface area contributed by atoms with Crippen LogP contribution in [0.25, 0.3) is 0 Å². The van der Waals surface area contributed by atoms with Crippen LogP contribution in [0.4, 0.5) is 17.6 Å². The van der Waals surface area contributed by atoms with E-state index < -0.39 is 30.9 Å². The summed E-state index contributed by atoms with van der Waals surface area (Å²) in [6, 6.07) is 0. The molecular weight excluding hydrogens is 194 g/mol. The van der Waals surface area contributed by atoms with Gasteiger partial charge in [-0.3, -0.25) is 4.79 Å². The van der Waals surface area contributed by atoms with Gasteiger partial charge in [0.05, 0.1) is 6.10 Å². The van der Waals surface area contributed by atoms with Gasteiger partial charge < -0.3 is 10.4 Å². The zero-order valence-electron chi connectivity index (χ0n) is 6.73. The van der Waals surface area contributed by atoms with E-state index in [1.807, 2.05) is 0 Å². The maximum absolute atomic E-state index is 12.1. The van der Waals surface area contributed by atoms with Gasteiger partial charge in [0.2, 0.25) is 0 Å². The molecular formula is C6H9F4NO2. The number of alkyl halides is 4. The summed E-state index contributed by atoms with van der Waals surface area (Å²) in [6.07, 6.45) is -5.10. The van der Waals surface area contributed by atoms with Gasteiger partial charge >= 0.3 is 12.3 Å². The van der Waals surface area contributed by atoms with E-state index in [1.54, 1.807) is 0 Å². The number of hydrogen-bond donors (Lipinski definition) is 2. The molecule has 1 amide bonds. The Labute approximate surface area is 71.7 Å². The number of carbonyl (C=O) groups is 1. The van der Waals surface area contributed by atoms with E-state index in [0.29, 0.717) is 0 Å². The minimum atomic E-state index is -4.70. The van der Waals surface area contributed by atoms with E-state index in [2.05, 4.69) is 0 Å². The fourth-order valence-corrected chi connectivity index (χ4v) is 0.457. The predicted octanol–water partition coefficient (Wildman–Crippen LogP) is 0.384. The van der Waals surface area contributed by atoms with E-state index >= 15 is 0 Å². The van der Waals surface area contributed by atoms with Crippen molar-refractivity contribution in [1.82, 2.24) is 5.32 Å². The van der Waals surface area contributed by atoms with Crippen LogP contribution < -0.4 is 5.32 Å². The Kier molecular flexibility index (Phi) is 4.12. The normalized spacial score (nSPS) is 14.4. The van der Waals surface area contributed by atoms with Crippen molar-refractivity contribution < 1.29 is 27.5 Å². The van der Waals surface area contributed by atoms with Crippen molar-refractivity contribution >= 4 is 5.91 Å². The third-order valence-corrected chi connectivity index (χ3v) is 1.13. The maximum Gasteiger partial charge on any atom is 0.383 e. The summed E-state index contributed by atoms with van der Waals surface area (Å²) in [4.78, 5) is 10.4. The Morgan fingerprint density at radius 2 is 2.00 bits per heavy atom. The van der Waals surface area contributed by atoms with E-state index in [1.165, 1.54) is 12.2 Å². The highest BCUT2D eigenvalue weighted by molar-refractivity contribution is 5.83. The lowest BCUT2D eigenvalue weighted by Gasteiger charge is -2.15. The second kappa shape index (κ2) is 4.40. The van der Waals surface area contributed by atoms with Crippen molar-refractivity contribution in [1.29, 1.82) is 0 Å². The second-order valence-electron chi connectivity index (χ2n) is 2.48. The van der Waals surface area contributed by atoms with E-state index in [0.717, 1.165) is 0 Å². The number of amides is 1. The Morgan fingerprint density at radius 3 is 2.31 bits per heavy atom. The van der Waals surface area contributed by atoms with Crippen LogP contribution in [0.5, 0.6) is 0 Å². The number of nitrogens with one attached hydrogen (secondary N) is 1. The Bertz CT molecular complexity index is 183. The molecule has 0 rings (SSSR count). The first kappa shape index (κ1) is 12.2. The number of aliphatic hydroxyl groups excluding tert-OH is 1. The van der Waals surface area contributed by atoms with Crippen LogP contribution in [0.3, 0.4) is 0 Å². The molecule has 0 saturated carbocycles. The smallest absolute Gasteiger partial charge is 0.383 e. The average molecular weight is 203 g/mol. The molecule has 0 bridgehead atoms. The van der Waals surface area contributed by atoms with Gasteiger partial charge in [-0.2, -0.15) is 8.78 Å². The molecule has 1 unspecified atom stereocenters. The quantitative estimate of drug-likeness (QED) is 0.649. The fourth-order valence-electron chi connectivity index (χ4n) is 0.457. The van der Waals surface area contributed by atoms with E-state index in [4.69, 9.17) is 5.11 Å². The highest BCUT2D eigenvalue weighted by atomic mass is 19.3. The van der Waals surface area contributed by atoms with Crippen LogP contribution >= 0.6 is 0 Å². The third kappa shape index (κ3) is 3.58. The topological polar surface area (TPSA) is 49.3 Å². The van der Waals surface area contributed by atoms with Crippen molar-refractivity contribution in [3.8, 4) is 0 Å². The van der Waals surface area contributed by atoms with Crippen LogP contribution in [0.2, 0.25) is 0 Å². The molecule has 0 aromatic heterocycles. The Hall–Kier alpha value is -0.850. The van der Waals surface area contributed by atoms with Crippen LogP contribution in [0.1, 0.15) is 6.92 Å². The molecule has 0 aliphatic heterocycles. The van der Waals surface area contributed by atoms with E-state index in [-0.39, 0.29) is 0 Å². The molecule has 78 valence electrons. The lowest BCUT2D eigenvalue weighted by molar-refractivity contribution is -0.169. The third-order valence-electron chi connectivity index (χ3n) is 1.13. The molecule has 13 heavy (non-hydrogen) atoms. The summed E-state index contributed by atoms with van der Waals surface area (Å²) in [6.45, 7) is 0.738. The summed E-state index contributed by atoms with van der Waals surface area (Å²) in [7, 11) is 0. The highest BCUT2D eigenvalue weighted by Gasteiger charge is 2.48. The van der Waals surface area contributed by atoms with Crippen molar-refractivity contribution in [2.45, 2.75) is 25.4 Å². The lowest BCUT2D eigenvalue weighted by Crippen LogP contribution is -2.46. The van der Waals surface area contributed by atoms with Gasteiger partial charge in [-0.05, 0) is 6.92 Å². The molecule has 0 fully saturated rings. The number of rotatable bonds is 4. The highest BCUT2D eigenvalue weighted by Crippen LogP contribution is 2.22. The predicted molar refractivity (Wildman–Crippen MR) is 35.6 cm³/mol. The SMILES string of the molecule is CC(O)CNC(=O)C(F)(F)C(F)F. The molecule has 0 aromatic carbocycles. The van der Waals surface area contributed by atoms with Crippen LogP contribution in [0, 0.1) is 0 Å². The van der Waals surface area contributed by atoms with Crippen LogP contribution in [-0.4, -0.2) is 36.0 Å². The van der Waals surface area contributed by atoms with Gasteiger partial charge in [-0.25, -0.2) is 8.78 Å². The Balaban J connectivity index is 4.10. The zero-order valence-corrected chi connectivity index (χ0v) is 6.73. The average Bonchev–Trinajstić information content (AvgIpc) is 1.99. The molecule has 0 aliphatic carbocycles. The lowest BCUT2D eigenvalue weighted by atomic mass is 10.3. The second-order valence-corrected chi connectivity index (χ2v) is 2.48. The van der Waals surface area contributed by atoms with Crippen LogP contribution in [-0.2, 0) is 4.79 Å². The van der Waals surface area contributed by atoms with Crippen molar-refractivity contribution in [3.63, 3.8) is 0 Å². The van der Waals surface area contributed by atoms with Gasteiger partial charge in [0.25, 0.3) is 5.91 Å². The van der Waals surface area contributed by atoms with Crippen molar-refractivity contribution in [2.75, 3.05) is 6.54 Å². The van der Waals surface area contributed by atoms with Gasteiger partial charge in [0.1, 0.15) is 0 Å². The summed E-state index contributed by atoms with van der Waals surface area (Å²) in [5.41, 5.74) is 0. The molecule has 0 saturated heterocycles. The summed E-state index contributed by atoms with van der Waals surface area (Å²) in [5, 5.41) is 10.0. The van der Waals surface area contributed by atoms with Crippen LogP contribution in [0.15, 0.2) is 0 Å². The Morgan fingerprint density at radius 1 is 1.54 bits per heavy atom. The maximum atomic E-state index is 12.1. The number of aliphatic hydroxyl groups is 1. The van der Waals surface area contributed by atoms with Gasteiger partial charge in [0, 0.05) is 6.54 Å². The summed E-state index contributed by atoms with van der Waals surface area (Å²) < 4.78 is 47.3. The fraction of sp³-hybridized carbons (Fsp3) is 0.833. The van der Waals surface area contributed by atoms with Gasteiger partial charge in [0.15, 0.2) is 0 Å². The van der Waals surface area contributed by atoms with Crippen molar-refractivity contribution in [2.24, 2.45) is 0 Å². The monoisotopic (exact) mass is 203 g/mol. The molecule has 0 radical (unpaired) electrons. The van der Waals surface area contributed by atoms with Gasteiger partial charge in [-0.1, -0.05) is 0 Å². The molecule has 7 heteroatoms. The summed E-state index contributed by atoms with van der Waals surface area (Å²) >= 11 is 0. The minimum absolute atomic E-state index is 0.485. The first-order valence-electron chi connectivity index (χ1n) is 3.40.